The van der Waals surface area contributed by atoms with E-state index >= 15 is 0 Å². The van der Waals surface area contributed by atoms with Gasteiger partial charge in [-0.1, -0.05) is 22.0 Å². The molecule has 0 heterocycles. The summed E-state index contributed by atoms with van der Waals surface area (Å²) in [5.74, 6) is 1.08. The summed E-state index contributed by atoms with van der Waals surface area (Å²) in [7, 11) is 4.15. The van der Waals surface area contributed by atoms with Crippen LogP contribution in [-0.2, 0) is 6.61 Å². The summed E-state index contributed by atoms with van der Waals surface area (Å²) in [6.07, 6.45) is 0. The average Bonchev–Trinajstić information content (AvgIpc) is 2.17. The van der Waals surface area contributed by atoms with Gasteiger partial charge in [-0.25, -0.2) is 0 Å². The van der Waals surface area contributed by atoms with Crippen molar-refractivity contribution in [2.75, 3.05) is 26.4 Å². The predicted molar refractivity (Wildman–Crippen MR) is 69.3 cm³/mol. The molecule has 0 bridgehead atoms. The molecule has 1 aromatic carbocycles. The van der Waals surface area contributed by atoms with Crippen molar-refractivity contribution in [3.8, 4) is 0 Å². The smallest absolute Gasteiger partial charge is 0.0692 e. The Balaban J connectivity index is 2.52. The van der Waals surface area contributed by atoms with Gasteiger partial charge in [0.05, 0.1) is 6.61 Å². The lowest BCUT2D eigenvalue weighted by atomic mass is 10.2. The van der Waals surface area contributed by atoms with Crippen LogP contribution in [0.25, 0.3) is 0 Å². The molecular weight excluding hydrogens is 274 g/mol. The van der Waals surface area contributed by atoms with Gasteiger partial charge in [-0.3, -0.25) is 0 Å². The molecule has 4 heteroatoms. The quantitative estimate of drug-likeness (QED) is 0.843. The van der Waals surface area contributed by atoms with Crippen LogP contribution in [0.3, 0.4) is 0 Å². The molecule has 0 radical (unpaired) electrons. The number of nitrogens with zero attached hydrogens (tertiary/aromatic N) is 1. The molecule has 0 saturated heterocycles. The second-order valence-corrected chi connectivity index (χ2v) is 5.59. The third kappa shape index (κ3) is 4.55. The van der Waals surface area contributed by atoms with E-state index in [0.717, 1.165) is 22.3 Å². The summed E-state index contributed by atoms with van der Waals surface area (Å²) in [5, 5.41) is 9.01. The standard InChI is InChI=1S/C11H16BrNOS/c1-13(2)5-6-15-10-4-3-9(8-14)11(12)7-10/h3-4,7,14H,5-6,8H2,1-2H3. The van der Waals surface area contributed by atoms with Gasteiger partial charge in [0.15, 0.2) is 0 Å². The minimum Gasteiger partial charge on any atom is -0.392 e. The number of thioether (sulfide) groups is 1. The normalized spacial score (nSPS) is 11.0. The number of halogens is 1. The van der Waals surface area contributed by atoms with E-state index < -0.39 is 0 Å². The maximum Gasteiger partial charge on any atom is 0.0692 e. The Morgan fingerprint density at radius 3 is 2.67 bits per heavy atom. The first-order chi connectivity index (χ1) is 7.13. The maximum atomic E-state index is 9.01. The molecule has 0 aliphatic rings. The van der Waals surface area contributed by atoms with E-state index in [2.05, 4.69) is 47.1 Å². The Kier molecular flexibility index (Phi) is 5.68. The topological polar surface area (TPSA) is 23.5 Å². The minimum atomic E-state index is 0.0865. The fraction of sp³-hybridized carbons (Fsp3) is 0.455. The molecule has 0 aliphatic heterocycles. The molecule has 0 amide bonds. The Hall–Kier alpha value is -0.0300. The second kappa shape index (κ2) is 6.53. The second-order valence-electron chi connectivity index (χ2n) is 3.56. The van der Waals surface area contributed by atoms with Crippen LogP contribution >= 0.6 is 27.7 Å². The lowest BCUT2D eigenvalue weighted by molar-refractivity contribution is 0.281. The molecule has 0 aromatic heterocycles. The zero-order chi connectivity index (χ0) is 11.3. The average molecular weight is 290 g/mol. The van der Waals surface area contributed by atoms with Gasteiger partial charge in [-0.05, 0) is 31.8 Å². The van der Waals surface area contributed by atoms with Gasteiger partial charge in [0.2, 0.25) is 0 Å². The molecule has 1 aromatic rings. The molecule has 0 atom stereocenters. The number of hydrogen-bond acceptors (Lipinski definition) is 3. The highest BCUT2D eigenvalue weighted by molar-refractivity contribution is 9.10. The van der Waals surface area contributed by atoms with Crippen molar-refractivity contribution >= 4 is 27.7 Å². The van der Waals surface area contributed by atoms with Crippen molar-refractivity contribution in [3.63, 3.8) is 0 Å². The molecule has 2 nitrogen and oxygen atoms in total. The Morgan fingerprint density at radius 2 is 2.13 bits per heavy atom. The fourth-order valence-corrected chi connectivity index (χ4v) is 2.81. The van der Waals surface area contributed by atoms with E-state index in [1.165, 1.54) is 4.90 Å². The monoisotopic (exact) mass is 289 g/mol. The van der Waals surface area contributed by atoms with Crippen molar-refractivity contribution in [2.24, 2.45) is 0 Å². The van der Waals surface area contributed by atoms with Gasteiger partial charge in [-0.2, -0.15) is 0 Å². The highest BCUT2D eigenvalue weighted by atomic mass is 79.9. The Bertz CT molecular complexity index is 317. The van der Waals surface area contributed by atoms with Gasteiger partial charge in [0.1, 0.15) is 0 Å². The van der Waals surface area contributed by atoms with Crippen LogP contribution in [0.5, 0.6) is 0 Å². The number of aliphatic hydroxyl groups excluding tert-OH is 1. The molecule has 1 N–H and O–H groups in total. The first-order valence-electron chi connectivity index (χ1n) is 4.80. The summed E-state index contributed by atoms with van der Waals surface area (Å²) in [6, 6.07) is 6.07. The first kappa shape index (κ1) is 13.0. The number of benzene rings is 1. The van der Waals surface area contributed by atoms with Crippen LogP contribution in [0.4, 0.5) is 0 Å². The minimum absolute atomic E-state index is 0.0865. The third-order valence-corrected chi connectivity index (χ3v) is 3.71. The van der Waals surface area contributed by atoms with Crippen LogP contribution in [-0.4, -0.2) is 36.4 Å². The summed E-state index contributed by atoms with van der Waals surface area (Å²) in [6.45, 7) is 1.16. The Morgan fingerprint density at radius 1 is 1.40 bits per heavy atom. The third-order valence-electron chi connectivity index (χ3n) is 2.00. The van der Waals surface area contributed by atoms with Crippen LogP contribution in [0.1, 0.15) is 5.56 Å². The van der Waals surface area contributed by atoms with Crippen LogP contribution < -0.4 is 0 Å². The van der Waals surface area contributed by atoms with E-state index in [0.29, 0.717) is 0 Å². The first-order valence-corrected chi connectivity index (χ1v) is 6.58. The fourth-order valence-electron chi connectivity index (χ4n) is 1.09. The molecular formula is C11H16BrNOS. The SMILES string of the molecule is CN(C)CCSc1ccc(CO)c(Br)c1. The summed E-state index contributed by atoms with van der Waals surface area (Å²) in [5.41, 5.74) is 0.937. The number of aliphatic hydroxyl groups is 1. The van der Waals surface area contributed by atoms with Crippen molar-refractivity contribution in [1.82, 2.24) is 4.90 Å². The predicted octanol–water partition coefficient (Wildman–Crippen LogP) is 2.60. The van der Waals surface area contributed by atoms with E-state index in [-0.39, 0.29) is 6.61 Å². The molecule has 0 aliphatic carbocycles. The lowest BCUT2D eigenvalue weighted by Gasteiger charge is -2.09. The van der Waals surface area contributed by atoms with E-state index in [4.69, 9.17) is 5.11 Å². The molecule has 0 saturated carbocycles. The van der Waals surface area contributed by atoms with Crippen molar-refractivity contribution in [1.29, 1.82) is 0 Å². The van der Waals surface area contributed by atoms with Gasteiger partial charge in [0, 0.05) is 21.7 Å². The largest absolute Gasteiger partial charge is 0.392 e. The van der Waals surface area contributed by atoms with Crippen molar-refractivity contribution in [2.45, 2.75) is 11.5 Å². The maximum absolute atomic E-state index is 9.01. The molecule has 0 fully saturated rings. The molecule has 1 rings (SSSR count). The van der Waals surface area contributed by atoms with Crippen molar-refractivity contribution < 1.29 is 5.11 Å². The molecule has 15 heavy (non-hydrogen) atoms. The van der Waals surface area contributed by atoms with Crippen molar-refractivity contribution in [3.05, 3.63) is 28.2 Å². The highest BCUT2D eigenvalue weighted by Crippen LogP contribution is 2.25. The molecule has 0 spiro atoms. The molecule has 84 valence electrons. The van der Waals surface area contributed by atoms with E-state index in [1.807, 2.05) is 17.8 Å². The lowest BCUT2D eigenvalue weighted by Crippen LogP contribution is -2.14. The van der Waals surface area contributed by atoms with Crippen LogP contribution in [0, 0.1) is 0 Å². The summed E-state index contributed by atoms with van der Waals surface area (Å²) < 4.78 is 0.986. The van der Waals surface area contributed by atoms with Gasteiger partial charge < -0.3 is 10.0 Å². The van der Waals surface area contributed by atoms with Crippen LogP contribution in [0.15, 0.2) is 27.6 Å². The zero-order valence-electron chi connectivity index (χ0n) is 9.03. The number of rotatable bonds is 5. The summed E-state index contributed by atoms with van der Waals surface area (Å²) >= 11 is 5.27. The van der Waals surface area contributed by atoms with E-state index in [9.17, 15) is 0 Å². The van der Waals surface area contributed by atoms with Gasteiger partial charge in [0.25, 0.3) is 0 Å². The summed E-state index contributed by atoms with van der Waals surface area (Å²) in [4.78, 5) is 3.41. The van der Waals surface area contributed by atoms with E-state index in [1.54, 1.807) is 0 Å². The highest BCUT2D eigenvalue weighted by Gasteiger charge is 2.01. The van der Waals surface area contributed by atoms with Crippen LogP contribution in [0.2, 0.25) is 0 Å². The van der Waals surface area contributed by atoms with Gasteiger partial charge in [-0.15, -0.1) is 11.8 Å². The molecule has 0 unspecified atom stereocenters. The van der Waals surface area contributed by atoms with Gasteiger partial charge >= 0.3 is 0 Å². The zero-order valence-corrected chi connectivity index (χ0v) is 11.4. The number of hydrogen-bond donors (Lipinski definition) is 1. The Labute approximate surface area is 104 Å².